The molecule has 3 heteroatoms. The van der Waals surface area contributed by atoms with E-state index in [1.54, 1.807) is 0 Å². The van der Waals surface area contributed by atoms with Gasteiger partial charge in [0.2, 0.25) is 0 Å². The van der Waals surface area contributed by atoms with Gasteiger partial charge in [-0.15, -0.1) is 0 Å². The maximum Gasteiger partial charge on any atom is 0.0454 e. The summed E-state index contributed by atoms with van der Waals surface area (Å²) in [4.78, 5) is 0.716. The minimum Gasteiger partial charge on any atom is -0.320 e. The first-order valence-corrected chi connectivity index (χ1v) is 7.50. The summed E-state index contributed by atoms with van der Waals surface area (Å²) in [7, 11) is 1.53. The third-order valence-corrected chi connectivity index (χ3v) is 5.62. The van der Waals surface area contributed by atoms with Crippen LogP contribution in [0.1, 0.15) is 12.8 Å². The zero-order chi connectivity index (χ0) is 7.98. The Morgan fingerprint density at radius 3 is 2.50 bits per heavy atom. The van der Waals surface area contributed by atoms with Crippen LogP contribution in [-0.4, -0.2) is 27.3 Å². The molecule has 0 saturated heterocycles. The molecule has 0 aliphatic carbocycles. The molecule has 0 saturated carbocycles. The number of nitrogens with one attached hydrogen (secondary N) is 1. The third-order valence-electron chi connectivity index (χ3n) is 1.70. The van der Waals surface area contributed by atoms with E-state index < -0.39 is 8.80 Å². The van der Waals surface area contributed by atoms with Crippen LogP contribution in [0.15, 0.2) is 0 Å². The summed E-state index contributed by atoms with van der Waals surface area (Å²) in [5, 5.41) is 3.14. The Kier molecular flexibility index (Phi) is 6.58. The minimum atomic E-state index is -0.471. The zero-order valence-electron chi connectivity index (χ0n) is 7.22. The fourth-order valence-electron chi connectivity index (χ4n) is 0.821. The van der Waals surface area contributed by atoms with E-state index in [1.807, 2.05) is 7.05 Å². The van der Waals surface area contributed by atoms with Crippen molar-refractivity contribution in [2.45, 2.75) is 30.8 Å². The maximum absolute atomic E-state index is 4.53. The summed E-state index contributed by atoms with van der Waals surface area (Å²) in [6.45, 7) is 5.85. The molecule has 0 aromatic carbocycles. The molecule has 0 aromatic rings. The van der Waals surface area contributed by atoms with Gasteiger partial charge in [0, 0.05) is 8.80 Å². The van der Waals surface area contributed by atoms with E-state index in [2.05, 4.69) is 31.0 Å². The second-order valence-electron chi connectivity index (χ2n) is 3.06. The van der Waals surface area contributed by atoms with E-state index in [9.17, 15) is 0 Å². The summed E-state index contributed by atoms with van der Waals surface area (Å²) in [5.41, 5.74) is 0. The predicted molar refractivity (Wildman–Crippen MR) is 54.8 cm³/mol. The molecule has 0 radical (unpaired) electrons. The monoisotopic (exact) mass is 177 g/mol. The molecule has 0 spiro atoms. The molecule has 0 amide bonds. The van der Waals surface area contributed by atoms with Crippen molar-refractivity contribution < 1.29 is 0 Å². The lowest BCUT2D eigenvalue weighted by Gasteiger charge is -2.12. The highest BCUT2D eigenvalue weighted by Crippen LogP contribution is 2.07. The van der Waals surface area contributed by atoms with Crippen LogP contribution in [0.4, 0.5) is 0 Å². The SMILES string of the molecule is CNCCCC(S)[SiH](C)C. The van der Waals surface area contributed by atoms with E-state index in [-0.39, 0.29) is 0 Å². The van der Waals surface area contributed by atoms with Crippen LogP contribution < -0.4 is 5.32 Å². The maximum atomic E-state index is 4.53. The van der Waals surface area contributed by atoms with Crippen molar-refractivity contribution in [2.75, 3.05) is 13.6 Å². The quantitative estimate of drug-likeness (QED) is 0.367. The molecular weight excluding hydrogens is 158 g/mol. The predicted octanol–water partition coefficient (Wildman–Crippen LogP) is 1.31. The Morgan fingerprint density at radius 2 is 2.10 bits per heavy atom. The highest BCUT2D eigenvalue weighted by atomic mass is 32.1. The lowest BCUT2D eigenvalue weighted by Crippen LogP contribution is -2.20. The van der Waals surface area contributed by atoms with Gasteiger partial charge in [0.25, 0.3) is 0 Å². The fourth-order valence-corrected chi connectivity index (χ4v) is 1.91. The van der Waals surface area contributed by atoms with Gasteiger partial charge < -0.3 is 5.32 Å². The van der Waals surface area contributed by atoms with E-state index in [4.69, 9.17) is 0 Å². The van der Waals surface area contributed by atoms with Crippen LogP contribution in [0.2, 0.25) is 13.1 Å². The average molecular weight is 177 g/mol. The van der Waals surface area contributed by atoms with Gasteiger partial charge in [0.15, 0.2) is 0 Å². The van der Waals surface area contributed by atoms with Gasteiger partial charge in [0.1, 0.15) is 0 Å². The molecule has 10 heavy (non-hydrogen) atoms. The first kappa shape index (κ1) is 10.5. The molecule has 1 N–H and O–H groups in total. The van der Waals surface area contributed by atoms with Gasteiger partial charge in [-0.05, 0) is 31.3 Å². The molecule has 62 valence electrons. The summed E-state index contributed by atoms with van der Waals surface area (Å²) >= 11 is 4.53. The highest BCUT2D eigenvalue weighted by Gasteiger charge is 2.07. The Balaban J connectivity index is 3.13. The minimum absolute atomic E-state index is 0.471. The molecule has 0 fully saturated rings. The molecule has 1 nitrogen and oxygen atoms in total. The van der Waals surface area contributed by atoms with E-state index >= 15 is 0 Å². The molecule has 0 aliphatic rings. The van der Waals surface area contributed by atoms with E-state index in [0.29, 0.717) is 4.87 Å². The van der Waals surface area contributed by atoms with Crippen molar-refractivity contribution in [1.29, 1.82) is 0 Å². The fraction of sp³-hybridized carbons (Fsp3) is 1.00. The third kappa shape index (κ3) is 5.32. The largest absolute Gasteiger partial charge is 0.320 e. The molecule has 0 rings (SSSR count). The van der Waals surface area contributed by atoms with Crippen LogP contribution in [0.25, 0.3) is 0 Å². The van der Waals surface area contributed by atoms with Crippen molar-refractivity contribution in [2.24, 2.45) is 0 Å². The van der Waals surface area contributed by atoms with Crippen LogP contribution >= 0.6 is 12.6 Å². The van der Waals surface area contributed by atoms with Crippen molar-refractivity contribution >= 4 is 21.4 Å². The molecule has 1 atom stereocenters. The summed E-state index contributed by atoms with van der Waals surface area (Å²) in [6.07, 6.45) is 2.56. The van der Waals surface area contributed by atoms with E-state index in [1.165, 1.54) is 12.8 Å². The number of hydrogen-bond acceptors (Lipinski definition) is 2. The van der Waals surface area contributed by atoms with Crippen molar-refractivity contribution in [1.82, 2.24) is 5.32 Å². The van der Waals surface area contributed by atoms with Gasteiger partial charge in [-0.2, -0.15) is 12.6 Å². The first-order chi connectivity index (χ1) is 4.68. The Labute approximate surface area is 71.6 Å². The standard InChI is InChI=1S/C7H19NSSi/c1-8-6-4-5-7(9)10(2)3/h7-10H,4-6H2,1-3H3. The van der Waals surface area contributed by atoms with Crippen molar-refractivity contribution in [3.8, 4) is 0 Å². The number of rotatable bonds is 5. The molecule has 0 bridgehead atoms. The van der Waals surface area contributed by atoms with Crippen LogP contribution in [0.3, 0.4) is 0 Å². The van der Waals surface area contributed by atoms with Crippen LogP contribution in [-0.2, 0) is 0 Å². The zero-order valence-corrected chi connectivity index (χ0v) is 9.27. The second-order valence-corrected chi connectivity index (χ2v) is 7.57. The molecule has 0 aromatic heterocycles. The van der Waals surface area contributed by atoms with Gasteiger partial charge in [0.05, 0.1) is 0 Å². The molecule has 1 unspecified atom stereocenters. The van der Waals surface area contributed by atoms with Crippen LogP contribution in [0.5, 0.6) is 0 Å². The molecular formula is C7H19NSSi. The van der Waals surface area contributed by atoms with Gasteiger partial charge in [-0.25, -0.2) is 0 Å². The van der Waals surface area contributed by atoms with E-state index in [0.717, 1.165) is 6.54 Å². The topological polar surface area (TPSA) is 12.0 Å². The molecule has 0 heterocycles. The summed E-state index contributed by atoms with van der Waals surface area (Å²) in [6, 6.07) is 0. The highest BCUT2D eigenvalue weighted by molar-refractivity contribution is 7.82. The summed E-state index contributed by atoms with van der Waals surface area (Å²) in [5.74, 6) is 0. The number of thiol groups is 1. The van der Waals surface area contributed by atoms with Gasteiger partial charge >= 0.3 is 0 Å². The first-order valence-electron chi connectivity index (χ1n) is 4.01. The van der Waals surface area contributed by atoms with Crippen LogP contribution in [0, 0.1) is 0 Å². The van der Waals surface area contributed by atoms with Crippen molar-refractivity contribution in [3.05, 3.63) is 0 Å². The lowest BCUT2D eigenvalue weighted by atomic mass is 10.3. The average Bonchev–Trinajstić information content (AvgIpc) is 1.88. The Hall–Kier alpha value is 0.527. The molecule has 0 aliphatic heterocycles. The lowest BCUT2D eigenvalue weighted by molar-refractivity contribution is 0.701. The van der Waals surface area contributed by atoms with Crippen molar-refractivity contribution in [3.63, 3.8) is 0 Å². The normalized spacial score (nSPS) is 14.1. The second kappa shape index (κ2) is 6.25. The Bertz CT molecular complexity index is 78.0. The summed E-state index contributed by atoms with van der Waals surface area (Å²) < 4.78 is 0. The van der Waals surface area contributed by atoms with Gasteiger partial charge in [-0.3, -0.25) is 0 Å². The van der Waals surface area contributed by atoms with Gasteiger partial charge in [-0.1, -0.05) is 13.1 Å². The number of hydrogen-bond donors (Lipinski definition) is 2. The Morgan fingerprint density at radius 1 is 1.50 bits per heavy atom. The smallest absolute Gasteiger partial charge is 0.0454 e.